The van der Waals surface area contributed by atoms with E-state index in [1.54, 1.807) is 17.3 Å². The molecule has 3 aromatic heterocycles. The van der Waals surface area contributed by atoms with Gasteiger partial charge in [-0.3, -0.25) is 14.4 Å². The van der Waals surface area contributed by atoms with Crippen LogP contribution in [0.2, 0.25) is 0 Å². The second kappa shape index (κ2) is 16.5. The lowest BCUT2D eigenvalue weighted by molar-refractivity contribution is -0.148. The van der Waals surface area contributed by atoms with E-state index in [1.807, 2.05) is 73.6 Å². The Hall–Kier alpha value is -6.19. The van der Waals surface area contributed by atoms with Crippen molar-refractivity contribution in [3.8, 4) is 39.5 Å². The van der Waals surface area contributed by atoms with Crippen molar-refractivity contribution in [2.24, 2.45) is 17.8 Å². The predicted octanol–water partition coefficient (Wildman–Crippen LogP) is 7.12. The van der Waals surface area contributed by atoms with Crippen molar-refractivity contribution in [2.75, 3.05) is 27.3 Å². The first-order valence-corrected chi connectivity index (χ1v) is 20.6. The number of nitrogens with zero attached hydrogens (tertiary/aromatic N) is 5. The molecule has 0 unspecified atom stereocenters. The Morgan fingerprint density at radius 3 is 2.07 bits per heavy atom. The molecule has 0 bridgehead atoms. The number of imidazole rings is 2. The van der Waals surface area contributed by atoms with Gasteiger partial charge in [0.05, 0.1) is 73.6 Å². The minimum atomic E-state index is -0.734. The number of hydrogen-bond donors (Lipinski definition) is 3. The molecule has 16 heteroatoms. The lowest BCUT2D eigenvalue weighted by Crippen LogP contribution is -2.51. The highest BCUT2D eigenvalue weighted by Crippen LogP contribution is 2.44. The van der Waals surface area contributed by atoms with Gasteiger partial charge in [0, 0.05) is 35.2 Å². The zero-order valence-corrected chi connectivity index (χ0v) is 34.7. The maximum Gasteiger partial charge on any atom is 0.407 e. The molecule has 8 rings (SSSR count). The molecule has 3 amide bonds. The van der Waals surface area contributed by atoms with Crippen LogP contribution in [0.3, 0.4) is 0 Å². The molecule has 3 N–H and O–H groups in total. The minimum Gasteiger partial charge on any atom is -0.472 e. The van der Waals surface area contributed by atoms with Gasteiger partial charge in [-0.1, -0.05) is 39.8 Å². The number of amides is 3. The van der Waals surface area contributed by atoms with Gasteiger partial charge in [-0.15, -0.1) is 0 Å². The summed E-state index contributed by atoms with van der Waals surface area (Å²) >= 11 is 0. The lowest BCUT2D eigenvalue weighted by atomic mass is 9.91. The second-order valence-electron chi connectivity index (χ2n) is 16.5. The summed E-state index contributed by atoms with van der Waals surface area (Å²) in [5.74, 6) is 0.107. The number of nitrogens with one attached hydrogen (secondary N) is 3. The normalized spacial score (nSPS) is 18.4. The molecule has 0 saturated carbocycles. The number of H-pyrrole nitrogens is 2. The number of hydrogen-bond acceptors (Lipinski definition) is 9. The summed E-state index contributed by atoms with van der Waals surface area (Å²) in [6.07, 6.45) is 5.89. The van der Waals surface area contributed by atoms with Gasteiger partial charge in [-0.2, -0.15) is 0 Å². The van der Waals surface area contributed by atoms with E-state index in [4.69, 9.17) is 14.2 Å². The van der Waals surface area contributed by atoms with Crippen molar-refractivity contribution in [2.45, 2.75) is 84.7 Å². The number of carbonyl (C=O) groups excluding carboxylic acids is 4. The third-order valence-electron chi connectivity index (χ3n) is 12.2. The first-order chi connectivity index (χ1) is 28.9. The number of alkyl carbamates (subject to hydrolysis) is 1. The van der Waals surface area contributed by atoms with Gasteiger partial charge in [0.2, 0.25) is 11.8 Å². The summed E-state index contributed by atoms with van der Waals surface area (Å²) in [5.41, 5.74) is 4.71. The molecule has 3 aliphatic rings. The zero-order valence-electron chi connectivity index (χ0n) is 34.7. The summed E-state index contributed by atoms with van der Waals surface area (Å²) in [5, 5.41) is 3.12. The molecule has 5 aromatic rings. The van der Waals surface area contributed by atoms with Gasteiger partial charge in [-0.25, -0.2) is 19.2 Å². The maximum atomic E-state index is 16.6. The number of aromatic nitrogens is 5. The van der Waals surface area contributed by atoms with Gasteiger partial charge >= 0.3 is 12.1 Å². The van der Waals surface area contributed by atoms with Crippen LogP contribution in [-0.2, 0) is 30.6 Å². The fourth-order valence-corrected chi connectivity index (χ4v) is 8.92. The van der Waals surface area contributed by atoms with Gasteiger partial charge in [0.15, 0.2) is 12.5 Å². The first-order valence-electron chi connectivity index (χ1n) is 20.6. The van der Waals surface area contributed by atoms with Crippen LogP contribution in [0.25, 0.3) is 44.7 Å². The largest absolute Gasteiger partial charge is 0.472 e. The molecule has 3 aliphatic heterocycles. The molecule has 0 aliphatic carbocycles. The molecule has 15 nitrogen and oxygen atoms in total. The summed E-state index contributed by atoms with van der Waals surface area (Å²) in [4.78, 5) is 71.2. The molecule has 2 aromatic carbocycles. The number of aromatic amines is 2. The smallest absolute Gasteiger partial charge is 0.407 e. The predicted molar refractivity (Wildman–Crippen MR) is 220 cm³/mol. The van der Waals surface area contributed by atoms with E-state index in [2.05, 4.69) is 25.3 Å². The fourth-order valence-electron chi connectivity index (χ4n) is 8.92. The second-order valence-corrected chi connectivity index (χ2v) is 16.5. The highest BCUT2D eigenvalue weighted by Gasteiger charge is 2.39. The summed E-state index contributed by atoms with van der Waals surface area (Å²) in [6, 6.07) is 9.93. The SMILES string of the molecule is COC(=O)C[C@H](C(=O)N1CCC[C@H]1c1ncc(-c2ccc3c(c2)c(F)c2n3COc3cc(-c4cnc([C@@H]5CCCN5C(=O)[C@@H](NC(=O)OC)C(C)C)[nH]4)ccc3-2)[nH]1)C(C)C. The standard InChI is InChI=1S/C44H51FN8O7/c1-23(2)28(19-36(54)58-5)42(55)51-15-7-9-33(51)40-46-20-30(48-40)25-12-14-32-29(17-25)37(45)39-27-13-11-26(18-35(27)60-22-53(32)39)31-21-47-41(49-31)34-10-8-16-52(34)43(56)38(24(3)4)50-44(57)59-6/h11-14,17-18,20-21,23-24,28,33-34,38H,7-10,15-16,19,22H2,1-6H3,(H,46,48)(H,47,49)(H,50,57)/t28-,33-,34-,38-/m0/s1. The average molecular weight is 823 g/mol. The number of likely N-dealkylation sites (tertiary alicyclic amines) is 2. The van der Waals surface area contributed by atoms with Crippen LogP contribution in [-0.4, -0.2) is 91.5 Å². The molecular weight excluding hydrogens is 772 g/mol. The van der Waals surface area contributed by atoms with E-state index in [-0.39, 0.29) is 54.7 Å². The van der Waals surface area contributed by atoms with Crippen LogP contribution >= 0.6 is 0 Å². The van der Waals surface area contributed by atoms with Crippen molar-refractivity contribution in [3.63, 3.8) is 0 Å². The van der Waals surface area contributed by atoms with E-state index in [9.17, 15) is 19.2 Å². The van der Waals surface area contributed by atoms with Crippen LogP contribution < -0.4 is 10.1 Å². The van der Waals surface area contributed by atoms with E-state index in [0.717, 1.165) is 42.5 Å². The van der Waals surface area contributed by atoms with Crippen LogP contribution in [0, 0.1) is 23.6 Å². The van der Waals surface area contributed by atoms with Crippen LogP contribution in [0.1, 0.15) is 83.5 Å². The molecule has 6 heterocycles. The van der Waals surface area contributed by atoms with Crippen molar-refractivity contribution in [1.82, 2.24) is 39.6 Å². The number of benzene rings is 2. The monoisotopic (exact) mass is 822 g/mol. The van der Waals surface area contributed by atoms with Gasteiger partial charge in [0.1, 0.15) is 23.4 Å². The van der Waals surface area contributed by atoms with Crippen LogP contribution in [0.5, 0.6) is 5.75 Å². The Bertz CT molecular complexity index is 2450. The highest BCUT2D eigenvalue weighted by atomic mass is 19.1. The Morgan fingerprint density at radius 2 is 1.47 bits per heavy atom. The number of ether oxygens (including phenoxy) is 3. The summed E-state index contributed by atoms with van der Waals surface area (Å²) in [7, 11) is 2.60. The molecule has 60 heavy (non-hydrogen) atoms. The zero-order chi connectivity index (χ0) is 42.4. The molecule has 2 fully saturated rings. The molecule has 2 saturated heterocycles. The summed E-state index contributed by atoms with van der Waals surface area (Å²) in [6.45, 7) is 8.86. The molecule has 316 valence electrons. The number of halogens is 1. The third kappa shape index (κ3) is 7.36. The number of carbonyl (C=O) groups is 4. The number of fused-ring (bicyclic) bond motifs is 5. The topological polar surface area (TPSA) is 177 Å². The molecule has 4 atom stereocenters. The molecule has 0 radical (unpaired) electrons. The highest BCUT2D eigenvalue weighted by molar-refractivity contribution is 5.93. The Labute approximate surface area is 347 Å². The Balaban J connectivity index is 1.01. The number of esters is 1. The molecule has 0 spiro atoms. The van der Waals surface area contributed by atoms with Gasteiger partial charge in [-0.05, 0) is 61.8 Å². The number of methoxy groups -OCH3 is 2. The van der Waals surface area contributed by atoms with E-state index >= 15 is 4.39 Å². The Morgan fingerprint density at radius 1 is 0.850 bits per heavy atom. The van der Waals surface area contributed by atoms with Crippen molar-refractivity contribution in [3.05, 3.63) is 66.3 Å². The first kappa shape index (κ1) is 40.6. The van der Waals surface area contributed by atoms with E-state index in [0.29, 0.717) is 58.3 Å². The fraction of sp³-hybridized carbons (Fsp3) is 0.455. The van der Waals surface area contributed by atoms with E-state index in [1.165, 1.54) is 14.2 Å². The third-order valence-corrected chi connectivity index (χ3v) is 12.2. The average Bonchev–Trinajstić information content (AvgIpc) is 4.11. The minimum absolute atomic E-state index is 0.0260. The lowest BCUT2D eigenvalue weighted by Gasteiger charge is -2.30. The number of rotatable bonds is 11. The Kier molecular flexibility index (Phi) is 11.1. The van der Waals surface area contributed by atoms with Gasteiger partial charge in [0.25, 0.3) is 0 Å². The van der Waals surface area contributed by atoms with E-state index < -0.39 is 24.0 Å². The maximum absolute atomic E-state index is 16.6. The van der Waals surface area contributed by atoms with Crippen molar-refractivity contribution >= 4 is 34.8 Å². The quantitative estimate of drug-likeness (QED) is 0.117. The van der Waals surface area contributed by atoms with Crippen molar-refractivity contribution in [1.29, 1.82) is 0 Å². The van der Waals surface area contributed by atoms with Crippen molar-refractivity contribution < 1.29 is 37.8 Å². The van der Waals surface area contributed by atoms with Crippen LogP contribution in [0.15, 0.2) is 48.8 Å². The van der Waals surface area contributed by atoms with Gasteiger partial charge < -0.3 is 43.9 Å². The molecular formula is C44H51FN8O7. The summed E-state index contributed by atoms with van der Waals surface area (Å²) < 4.78 is 34.3. The van der Waals surface area contributed by atoms with Crippen LogP contribution in [0.4, 0.5) is 9.18 Å².